The molecule has 1 aliphatic heterocycles. The van der Waals surface area contributed by atoms with E-state index in [1.54, 1.807) is 12.1 Å². The number of halogens is 2. The van der Waals surface area contributed by atoms with E-state index in [0.29, 0.717) is 15.6 Å². The lowest BCUT2D eigenvalue weighted by atomic mass is 10.2. The first-order valence-electron chi connectivity index (χ1n) is 9.99. The molecule has 3 aromatic rings. The second kappa shape index (κ2) is 9.40. The lowest BCUT2D eigenvalue weighted by Gasteiger charge is -2.34. The molecule has 0 saturated carbocycles. The van der Waals surface area contributed by atoms with Crippen LogP contribution in [0, 0.1) is 0 Å². The monoisotopic (exact) mass is 510 g/mol. The van der Waals surface area contributed by atoms with Crippen molar-refractivity contribution in [3.05, 3.63) is 58.1 Å². The van der Waals surface area contributed by atoms with Gasteiger partial charge in [0.25, 0.3) is 11.8 Å². The summed E-state index contributed by atoms with van der Waals surface area (Å²) >= 11 is 12.0. The third-order valence-electron chi connectivity index (χ3n) is 4.95. The normalized spacial score (nSPS) is 19.4. The van der Waals surface area contributed by atoms with Crippen molar-refractivity contribution in [3.8, 4) is 11.5 Å². The first-order valence-corrected chi connectivity index (χ1v) is 12.2. The van der Waals surface area contributed by atoms with Gasteiger partial charge in [0.1, 0.15) is 0 Å². The predicted molar refractivity (Wildman–Crippen MR) is 123 cm³/mol. The minimum Gasteiger partial charge on any atom is -0.403 e. The van der Waals surface area contributed by atoms with Crippen molar-refractivity contribution in [2.45, 2.75) is 31.0 Å². The SMILES string of the molecule is CC1CN(S(=O)(=O)c2ccc(C(=O)Nc3nnc(-c4ccc(Cl)cc4Cl)o3)cc2)CC(C)O1. The lowest BCUT2D eigenvalue weighted by Crippen LogP contribution is -2.48. The fourth-order valence-corrected chi connectivity index (χ4v) is 5.55. The molecule has 1 aromatic heterocycles. The van der Waals surface area contributed by atoms with E-state index in [1.807, 2.05) is 13.8 Å². The van der Waals surface area contributed by atoms with Crippen LogP contribution in [0.25, 0.3) is 11.5 Å². The second-order valence-corrected chi connectivity index (χ2v) is 10.4. The zero-order valence-corrected chi connectivity index (χ0v) is 20.0. The molecule has 0 bridgehead atoms. The average molecular weight is 511 g/mol. The fraction of sp³-hybridized carbons (Fsp3) is 0.286. The Kier molecular flexibility index (Phi) is 6.73. The number of nitrogens with zero attached hydrogens (tertiary/aromatic N) is 3. The summed E-state index contributed by atoms with van der Waals surface area (Å²) in [4.78, 5) is 12.7. The van der Waals surface area contributed by atoms with Crippen LogP contribution in [0.3, 0.4) is 0 Å². The van der Waals surface area contributed by atoms with E-state index in [0.717, 1.165) is 0 Å². The molecule has 1 fully saturated rings. The van der Waals surface area contributed by atoms with Crippen molar-refractivity contribution >= 4 is 45.1 Å². The maximum Gasteiger partial charge on any atom is 0.322 e. The molecule has 2 aromatic carbocycles. The summed E-state index contributed by atoms with van der Waals surface area (Å²) in [6.45, 7) is 4.20. The Bertz CT molecular complexity index is 1270. The molecule has 4 rings (SSSR count). The Balaban J connectivity index is 1.46. The molecule has 174 valence electrons. The summed E-state index contributed by atoms with van der Waals surface area (Å²) in [5.74, 6) is -0.424. The quantitative estimate of drug-likeness (QED) is 0.549. The van der Waals surface area contributed by atoms with Crippen LogP contribution in [0.4, 0.5) is 6.01 Å². The Morgan fingerprint density at radius 2 is 1.73 bits per heavy atom. The third kappa shape index (κ3) is 5.20. The highest BCUT2D eigenvalue weighted by molar-refractivity contribution is 7.89. The minimum absolute atomic E-state index is 0.0952. The predicted octanol–water partition coefficient (Wildman–Crippen LogP) is 4.09. The first kappa shape index (κ1) is 23.7. The van der Waals surface area contributed by atoms with Gasteiger partial charge in [-0.15, -0.1) is 5.10 Å². The van der Waals surface area contributed by atoms with Crippen LogP contribution in [-0.2, 0) is 14.8 Å². The fourth-order valence-electron chi connectivity index (χ4n) is 3.47. The number of hydrogen-bond acceptors (Lipinski definition) is 7. The third-order valence-corrected chi connectivity index (χ3v) is 7.34. The number of carbonyl (C=O) groups excluding carboxylic acids is 1. The minimum atomic E-state index is -3.70. The van der Waals surface area contributed by atoms with Crippen molar-refractivity contribution in [1.29, 1.82) is 0 Å². The molecule has 0 spiro atoms. The molecular formula is C21H20Cl2N4O5S. The van der Waals surface area contributed by atoms with E-state index in [2.05, 4.69) is 15.5 Å². The number of carbonyl (C=O) groups is 1. The van der Waals surface area contributed by atoms with Gasteiger partial charge in [0.15, 0.2) is 0 Å². The smallest absolute Gasteiger partial charge is 0.322 e. The summed E-state index contributed by atoms with van der Waals surface area (Å²) in [6, 6.07) is 10.3. The summed E-state index contributed by atoms with van der Waals surface area (Å²) in [5, 5.41) is 10.9. The molecule has 33 heavy (non-hydrogen) atoms. The van der Waals surface area contributed by atoms with Crippen LogP contribution in [-0.4, -0.2) is 54.1 Å². The number of rotatable bonds is 5. The first-order chi connectivity index (χ1) is 15.6. The van der Waals surface area contributed by atoms with Crippen molar-refractivity contribution in [2.75, 3.05) is 18.4 Å². The van der Waals surface area contributed by atoms with Gasteiger partial charge in [0, 0.05) is 23.7 Å². The van der Waals surface area contributed by atoms with Gasteiger partial charge in [-0.1, -0.05) is 28.3 Å². The van der Waals surface area contributed by atoms with Crippen molar-refractivity contribution in [1.82, 2.24) is 14.5 Å². The lowest BCUT2D eigenvalue weighted by molar-refractivity contribution is -0.0440. The molecule has 2 unspecified atom stereocenters. The molecule has 12 heteroatoms. The molecule has 1 N–H and O–H groups in total. The van der Waals surface area contributed by atoms with Gasteiger partial charge in [-0.2, -0.15) is 4.31 Å². The van der Waals surface area contributed by atoms with E-state index in [1.165, 1.54) is 34.6 Å². The average Bonchev–Trinajstić information content (AvgIpc) is 3.21. The molecule has 2 heterocycles. The number of anilines is 1. The zero-order valence-electron chi connectivity index (χ0n) is 17.7. The molecule has 1 amide bonds. The number of ether oxygens (including phenoxy) is 1. The van der Waals surface area contributed by atoms with Crippen molar-refractivity contribution < 1.29 is 22.4 Å². The molecule has 1 aliphatic rings. The zero-order chi connectivity index (χ0) is 23.8. The number of nitrogens with one attached hydrogen (secondary N) is 1. The van der Waals surface area contributed by atoms with Gasteiger partial charge >= 0.3 is 6.01 Å². The van der Waals surface area contributed by atoms with E-state index in [-0.39, 0.29) is 47.7 Å². The standard InChI is InChI=1S/C21H20Cl2N4O5S/c1-12-10-27(11-13(2)31-12)33(29,30)16-6-3-14(4-7-16)19(28)24-21-26-25-20(32-21)17-8-5-15(22)9-18(17)23/h3-9,12-13H,10-11H2,1-2H3,(H,24,26,28). The van der Waals surface area contributed by atoms with Crippen molar-refractivity contribution in [3.63, 3.8) is 0 Å². The Morgan fingerprint density at radius 3 is 2.36 bits per heavy atom. The Labute approximate surface area is 200 Å². The molecule has 0 aliphatic carbocycles. The summed E-state index contributed by atoms with van der Waals surface area (Å²) in [7, 11) is -3.70. The Morgan fingerprint density at radius 1 is 1.06 bits per heavy atom. The Hall–Kier alpha value is -2.50. The van der Waals surface area contributed by atoms with Crippen LogP contribution in [0.5, 0.6) is 0 Å². The highest BCUT2D eigenvalue weighted by atomic mass is 35.5. The van der Waals surface area contributed by atoms with E-state index in [4.69, 9.17) is 32.4 Å². The highest BCUT2D eigenvalue weighted by Gasteiger charge is 2.32. The van der Waals surface area contributed by atoms with Gasteiger partial charge in [0.05, 0.1) is 27.7 Å². The van der Waals surface area contributed by atoms with Gasteiger partial charge < -0.3 is 9.15 Å². The number of morpholine rings is 1. The number of amides is 1. The second-order valence-electron chi connectivity index (χ2n) is 7.59. The molecule has 2 atom stereocenters. The summed E-state index contributed by atoms with van der Waals surface area (Å²) in [6.07, 6.45) is -0.397. The number of sulfonamides is 1. The maximum atomic E-state index is 13.0. The van der Waals surface area contributed by atoms with E-state index < -0.39 is 15.9 Å². The van der Waals surface area contributed by atoms with Gasteiger partial charge in [-0.05, 0) is 56.3 Å². The summed E-state index contributed by atoms with van der Waals surface area (Å²) in [5.41, 5.74) is 0.692. The molecule has 1 saturated heterocycles. The van der Waals surface area contributed by atoms with Crippen LogP contribution < -0.4 is 5.32 Å². The van der Waals surface area contributed by atoms with Crippen LogP contribution in [0.15, 0.2) is 51.8 Å². The van der Waals surface area contributed by atoms with Crippen LogP contribution >= 0.6 is 23.2 Å². The van der Waals surface area contributed by atoms with E-state index >= 15 is 0 Å². The summed E-state index contributed by atoms with van der Waals surface area (Å²) < 4.78 is 38.4. The van der Waals surface area contributed by atoms with Gasteiger partial charge in [-0.25, -0.2) is 8.42 Å². The highest BCUT2D eigenvalue weighted by Crippen LogP contribution is 2.30. The van der Waals surface area contributed by atoms with Crippen LogP contribution in [0.1, 0.15) is 24.2 Å². The molecule has 9 nitrogen and oxygen atoms in total. The number of hydrogen-bond donors (Lipinski definition) is 1. The van der Waals surface area contributed by atoms with Crippen molar-refractivity contribution in [2.24, 2.45) is 0 Å². The van der Waals surface area contributed by atoms with Crippen LogP contribution in [0.2, 0.25) is 10.0 Å². The molecular weight excluding hydrogens is 491 g/mol. The van der Waals surface area contributed by atoms with Gasteiger partial charge in [-0.3, -0.25) is 10.1 Å². The van der Waals surface area contributed by atoms with E-state index in [9.17, 15) is 13.2 Å². The number of benzene rings is 2. The number of aromatic nitrogens is 2. The largest absolute Gasteiger partial charge is 0.403 e. The maximum absolute atomic E-state index is 13.0. The van der Waals surface area contributed by atoms with Gasteiger partial charge in [0.2, 0.25) is 10.0 Å². The topological polar surface area (TPSA) is 115 Å². The molecule has 0 radical (unpaired) electrons.